The predicted octanol–water partition coefficient (Wildman–Crippen LogP) is 2.08. The average molecular weight is 358 g/mol. The van der Waals surface area contributed by atoms with Crippen LogP contribution in [-0.2, 0) is 13.1 Å². The van der Waals surface area contributed by atoms with Crippen LogP contribution in [0.4, 0.5) is 0 Å². The van der Waals surface area contributed by atoms with Gasteiger partial charge in [-0.1, -0.05) is 31.7 Å². The van der Waals surface area contributed by atoms with Crippen molar-refractivity contribution in [1.29, 1.82) is 0 Å². The molecule has 0 amide bonds. The highest BCUT2D eigenvalue weighted by Crippen LogP contribution is 2.20. The first-order valence-electron chi connectivity index (χ1n) is 10.8. The van der Waals surface area contributed by atoms with Crippen LogP contribution in [0.5, 0.6) is 0 Å². The Morgan fingerprint density at radius 1 is 0.615 bits per heavy atom. The summed E-state index contributed by atoms with van der Waals surface area (Å²) in [5.41, 5.74) is 2.34. The minimum atomic E-state index is 0.569. The molecule has 0 radical (unpaired) electrons. The van der Waals surface area contributed by atoms with Gasteiger partial charge in [-0.25, -0.2) is 0 Å². The van der Waals surface area contributed by atoms with Gasteiger partial charge >= 0.3 is 0 Å². The van der Waals surface area contributed by atoms with Crippen molar-refractivity contribution in [3.63, 3.8) is 0 Å². The first kappa shape index (κ1) is 18.4. The molecule has 2 bridgehead atoms. The van der Waals surface area contributed by atoms with Crippen molar-refractivity contribution < 1.29 is 0 Å². The topological polar surface area (TPSA) is 61.0 Å². The van der Waals surface area contributed by atoms with E-state index in [2.05, 4.69) is 39.5 Å². The van der Waals surface area contributed by atoms with Gasteiger partial charge in [0, 0.05) is 50.3 Å². The molecule has 26 heavy (non-hydrogen) atoms. The van der Waals surface area contributed by atoms with E-state index >= 15 is 0 Å². The van der Waals surface area contributed by atoms with Crippen molar-refractivity contribution in [3.05, 3.63) is 29.6 Å². The minimum absolute atomic E-state index is 0.569. The minimum Gasteiger partial charge on any atom is -0.311 e. The standard InChI is InChI=1S/C21H35N5/c1-3-10-20-18(8-1)22-12-13-23-19-9-2-4-11-21(19)25-15-17-7-5-6-16(26-17)14-24-20/h5-7,18-25H,1-4,8-15H2/t18-,19-,20-,21-/m0/s1. The Morgan fingerprint density at radius 2 is 1.04 bits per heavy atom. The number of hydrogen-bond donors (Lipinski definition) is 4. The Kier molecular flexibility index (Phi) is 6.54. The monoisotopic (exact) mass is 357 g/mol. The van der Waals surface area contributed by atoms with Crippen molar-refractivity contribution in [2.45, 2.75) is 88.6 Å². The van der Waals surface area contributed by atoms with Crippen LogP contribution in [-0.4, -0.2) is 42.2 Å². The second kappa shape index (κ2) is 9.27. The van der Waals surface area contributed by atoms with E-state index in [1.54, 1.807) is 0 Å². The molecule has 0 unspecified atom stereocenters. The third kappa shape index (κ3) is 4.83. The molecule has 2 heterocycles. The molecule has 144 valence electrons. The molecule has 2 aliphatic carbocycles. The molecular weight excluding hydrogens is 322 g/mol. The van der Waals surface area contributed by atoms with Crippen LogP contribution in [0.3, 0.4) is 0 Å². The molecule has 0 saturated heterocycles. The predicted molar refractivity (Wildman–Crippen MR) is 106 cm³/mol. The van der Waals surface area contributed by atoms with Crippen molar-refractivity contribution in [1.82, 2.24) is 26.3 Å². The molecule has 4 N–H and O–H groups in total. The molecule has 4 rings (SSSR count). The van der Waals surface area contributed by atoms with Crippen LogP contribution in [0.25, 0.3) is 0 Å². The number of rotatable bonds is 0. The molecule has 5 nitrogen and oxygen atoms in total. The zero-order valence-corrected chi connectivity index (χ0v) is 16.0. The molecule has 3 aliphatic rings. The summed E-state index contributed by atoms with van der Waals surface area (Å²) in [6, 6.07) is 8.81. The smallest absolute Gasteiger partial charge is 0.0545 e. The van der Waals surface area contributed by atoms with Crippen LogP contribution >= 0.6 is 0 Å². The second-order valence-corrected chi connectivity index (χ2v) is 8.29. The van der Waals surface area contributed by atoms with E-state index in [0.29, 0.717) is 24.2 Å². The van der Waals surface area contributed by atoms with Gasteiger partial charge in [0.15, 0.2) is 0 Å². The van der Waals surface area contributed by atoms with E-state index in [0.717, 1.165) is 26.2 Å². The molecule has 0 aromatic carbocycles. The number of nitrogens with one attached hydrogen (secondary N) is 4. The average Bonchev–Trinajstić information content (AvgIpc) is 2.69. The molecule has 1 aliphatic heterocycles. The van der Waals surface area contributed by atoms with Gasteiger partial charge in [0.1, 0.15) is 0 Å². The Hall–Kier alpha value is -1.01. The summed E-state index contributed by atoms with van der Waals surface area (Å²) in [5.74, 6) is 0. The lowest BCUT2D eigenvalue weighted by Crippen LogP contribution is -2.53. The van der Waals surface area contributed by atoms with Gasteiger partial charge in [0.25, 0.3) is 0 Å². The Labute approximate surface area is 158 Å². The third-order valence-corrected chi connectivity index (χ3v) is 6.43. The number of pyridine rings is 1. The summed E-state index contributed by atoms with van der Waals surface area (Å²) < 4.78 is 0. The van der Waals surface area contributed by atoms with Gasteiger partial charge in [-0.05, 0) is 37.8 Å². The summed E-state index contributed by atoms with van der Waals surface area (Å²) in [5, 5.41) is 15.2. The highest BCUT2D eigenvalue weighted by Gasteiger charge is 2.26. The third-order valence-electron chi connectivity index (χ3n) is 6.43. The molecule has 4 atom stereocenters. The number of aromatic nitrogens is 1. The van der Waals surface area contributed by atoms with Gasteiger partial charge in [0.05, 0.1) is 11.4 Å². The maximum Gasteiger partial charge on any atom is 0.0545 e. The fraction of sp³-hybridized carbons (Fsp3) is 0.762. The van der Waals surface area contributed by atoms with Crippen LogP contribution in [0.1, 0.15) is 62.8 Å². The molecule has 2 saturated carbocycles. The van der Waals surface area contributed by atoms with Crippen molar-refractivity contribution in [2.24, 2.45) is 0 Å². The molecule has 0 spiro atoms. The number of nitrogens with zero attached hydrogens (tertiary/aromatic N) is 1. The largest absolute Gasteiger partial charge is 0.311 e. The summed E-state index contributed by atoms with van der Waals surface area (Å²) in [7, 11) is 0. The lowest BCUT2D eigenvalue weighted by atomic mass is 9.89. The molecule has 1 aromatic rings. The number of fused-ring (bicyclic) bond motifs is 4. The maximum absolute atomic E-state index is 4.89. The van der Waals surface area contributed by atoms with Crippen LogP contribution in [0.15, 0.2) is 18.2 Å². The summed E-state index contributed by atoms with van der Waals surface area (Å²) in [6.07, 6.45) is 10.5. The highest BCUT2D eigenvalue weighted by molar-refractivity contribution is 5.12. The van der Waals surface area contributed by atoms with E-state index in [1.807, 2.05) is 0 Å². The Balaban J connectivity index is 1.47. The van der Waals surface area contributed by atoms with Crippen molar-refractivity contribution in [3.8, 4) is 0 Å². The normalized spacial score (nSPS) is 34.0. The van der Waals surface area contributed by atoms with Crippen LogP contribution in [0.2, 0.25) is 0 Å². The van der Waals surface area contributed by atoms with Gasteiger partial charge in [-0.3, -0.25) is 4.98 Å². The van der Waals surface area contributed by atoms with Crippen molar-refractivity contribution in [2.75, 3.05) is 13.1 Å². The quantitative estimate of drug-likeness (QED) is 0.573. The summed E-state index contributed by atoms with van der Waals surface area (Å²) in [6.45, 7) is 3.89. The molecule has 1 aromatic heterocycles. The van der Waals surface area contributed by atoms with Crippen molar-refractivity contribution >= 4 is 0 Å². The van der Waals surface area contributed by atoms with E-state index in [1.165, 1.54) is 62.8 Å². The summed E-state index contributed by atoms with van der Waals surface area (Å²) >= 11 is 0. The zero-order chi connectivity index (χ0) is 17.6. The second-order valence-electron chi connectivity index (χ2n) is 8.29. The highest BCUT2D eigenvalue weighted by atomic mass is 15.1. The van der Waals surface area contributed by atoms with Gasteiger partial charge < -0.3 is 21.3 Å². The van der Waals surface area contributed by atoms with Crippen LogP contribution < -0.4 is 21.3 Å². The maximum atomic E-state index is 4.89. The van der Waals surface area contributed by atoms with Gasteiger partial charge in [-0.15, -0.1) is 0 Å². The van der Waals surface area contributed by atoms with Crippen LogP contribution in [0, 0.1) is 0 Å². The fourth-order valence-electron chi connectivity index (χ4n) is 4.95. The van der Waals surface area contributed by atoms with Gasteiger partial charge in [-0.2, -0.15) is 0 Å². The molecule has 5 heteroatoms. The Bertz CT molecular complexity index is 518. The number of hydrogen-bond acceptors (Lipinski definition) is 5. The first-order chi connectivity index (χ1) is 12.9. The van der Waals surface area contributed by atoms with E-state index in [-0.39, 0.29) is 0 Å². The summed E-state index contributed by atoms with van der Waals surface area (Å²) in [4.78, 5) is 4.89. The Morgan fingerprint density at radius 3 is 1.50 bits per heavy atom. The zero-order valence-electron chi connectivity index (χ0n) is 16.0. The van der Waals surface area contributed by atoms with E-state index in [9.17, 15) is 0 Å². The molecule has 2 fully saturated rings. The van der Waals surface area contributed by atoms with Gasteiger partial charge in [0.2, 0.25) is 0 Å². The van der Waals surface area contributed by atoms with E-state index in [4.69, 9.17) is 4.98 Å². The van der Waals surface area contributed by atoms with E-state index < -0.39 is 0 Å². The SMILES string of the molecule is c1cc2nc(c1)CN[C@H]1CCCC[C@@H]1NCCN[C@H]1CCCC[C@@H]1NC2. The first-order valence-corrected chi connectivity index (χ1v) is 10.8. The molecular formula is C21H35N5. The fourth-order valence-corrected chi connectivity index (χ4v) is 4.95. The lowest BCUT2D eigenvalue weighted by Gasteiger charge is -2.34. The lowest BCUT2D eigenvalue weighted by molar-refractivity contribution is 0.266.